The van der Waals surface area contributed by atoms with Gasteiger partial charge in [0.05, 0.1) is 0 Å². The maximum Gasteiger partial charge on any atom is 0.0358 e. The molecule has 0 spiro atoms. The zero-order valence-electron chi connectivity index (χ0n) is 14.0. The van der Waals surface area contributed by atoms with Gasteiger partial charge in [-0.1, -0.05) is 34.6 Å². The Kier molecular flexibility index (Phi) is 7.93. The average Bonchev–Trinajstić information content (AvgIpc) is 2.88. The molecule has 1 rings (SSSR count). The van der Waals surface area contributed by atoms with Gasteiger partial charge in [0.25, 0.3) is 0 Å². The van der Waals surface area contributed by atoms with E-state index in [9.17, 15) is 0 Å². The van der Waals surface area contributed by atoms with Gasteiger partial charge < -0.3 is 14.8 Å². The van der Waals surface area contributed by atoms with Crippen molar-refractivity contribution in [3.8, 4) is 0 Å². The Morgan fingerprint density at radius 3 is 2.45 bits per heavy atom. The van der Waals surface area contributed by atoms with E-state index in [1.165, 1.54) is 12.0 Å². The minimum Gasteiger partial charge on any atom is -0.353 e. The summed E-state index contributed by atoms with van der Waals surface area (Å²) in [4.78, 5) is 2.47. The molecule has 0 fully saturated rings. The lowest BCUT2D eigenvalue weighted by Crippen LogP contribution is -2.27. The summed E-state index contributed by atoms with van der Waals surface area (Å²) in [6, 6.07) is 2.75. The summed E-state index contributed by atoms with van der Waals surface area (Å²) in [6.07, 6.45) is 5.73. The lowest BCUT2D eigenvalue weighted by molar-refractivity contribution is 0.290. The van der Waals surface area contributed by atoms with Crippen molar-refractivity contribution in [1.29, 1.82) is 0 Å². The lowest BCUT2D eigenvalue weighted by Gasteiger charge is -2.21. The van der Waals surface area contributed by atoms with E-state index in [2.05, 4.69) is 67.9 Å². The number of nitrogens with zero attached hydrogens (tertiary/aromatic N) is 2. The second-order valence-electron chi connectivity index (χ2n) is 5.89. The molecule has 0 aromatic carbocycles. The zero-order valence-corrected chi connectivity index (χ0v) is 14.0. The van der Waals surface area contributed by atoms with Crippen LogP contribution in [0.2, 0.25) is 0 Å². The van der Waals surface area contributed by atoms with Gasteiger partial charge in [-0.2, -0.15) is 0 Å². The molecule has 1 unspecified atom stereocenters. The van der Waals surface area contributed by atoms with Crippen LogP contribution < -0.4 is 5.32 Å². The summed E-state index contributed by atoms with van der Waals surface area (Å²) in [5, 5.41) is 3.66. The lowest BCUT2D eigenvalue weighted by atomic mass is 9.98. The number of aromatic nitrogens is 1. The van der Waals surface area contributed by atoms with Crippen molar-refractivity contribution >= 4 is 0 Å². The van der Waals surface area contributed by atoms with Gasteiger partial charge in [-0.3, -0.25) is 0 Å². The fraction of sp³-hybridized carbons (Fsp3) is 0.765. The highest BCUT2D eigenvalue weighted by atomic mass is 15.1. The normalized spacial score (nSPS) is 13.3. The van der Waals surface area contributed by atoms with Crippen molar-refractivity contribution < 1.29 is 0 Å². The second-order valence-corrected chi connectivity index (χ2v) is 5.89. The third-order valence-electron chi connectivity index (χ3n) is 3.98. The van der Waals surface area contributed by atoms with Crippen molar-refractivity contribution in [1.82, 2.24) is 14.8 Å². The highest BCUT2D eigenvalue weighted by molar-refractivity contribution is 5.16. The van der Waals surface area contributed by atoms with Crippen LogP contribution in [-0.4, -0.2) is 35.6 Å². The van der Waals surface area contributed by atoms with E-state index in [0.29, 0.717) is 12.0 Å². The first-order valence-electron chi connectivity index (χ1n) is 8.23. The minimum atomic E-state index is 0.477. The van der Waals surface area contributed by atoms with E-state index in [1.807, 2.05) is 0 Å². The summed E-state index contributed by atoms with van der Waals surface area (Å²) < 4.78 is 2.33. The van der Waals surface area contributed by atoms with Crippen LogP contribution in [0.1, 0.15) is 52.6 Å². The Labute approximate surface area is 125 Å². The third-order valence-corrected chi connectivity index (χ3v) is 3.98. The first-order chi connectivity index (χ1) is 9.62. The number of nitrogens with one attached hydrogen (secondary N) is 1. The predicted molar refractivity (Wildman–Crippen MR) is 88.1 cm³/mol. The molecule has 0 saturated carbocycles. The largest absolute Gasteiger partial charge is 0.353 e. The molecule has 116 valence electrons. The Morgan fingerprint density at radius 2 is 1.90 bits per heavy atom. The molecular weight excluding hydrogens is 246 g/mol. The molecule has 0 amide bonds. The molecule has 0 saturated heterocycles. The molecule has 1 heterocycles. The standard InChI is InChI=1S/C17H33N3/c1-6-10-18-17(15(4)5)16-9-11-20(14-16)13-12-19(7-2)8-3/h9,11,14-15,17-18H,6-8,10,12-13H2,1-5H3. The van der Waals surface area contributed by atoms with E-state index >= 15 is 0 Å². The van der Waals surface area contributed by atoms with Gasteiger partial charge in [-0.15, -0.1) is 0 Å². The summed E-state index contributed by atoms with van der Waals surface area (Å²) >= 11 is 0. The molecule has 0 radical (unpaired) electrons. The third kappa shape index (κ3) is 5.29. The van der Waals surface area contributed by atoms with Crippen molar-refractivity contribution in [3.63, 3.8) is 0 Å². The van der Waals surface area contributed by atoms with Gasteiger partial charge in [-0.05, 0) is 43.6 Å². The molecule has 0 aliphatic carbocycles. The molecule has 1 N–H and O–H groups in total. The quantitative estimate of drug-likeness (QED) is 0.707. The summed E-state index contributed by atoms with van der Waals surface area (Å²) in [5.41, 5.74) is 1.42. The number of rotatable bonds is 10. The van der Waals surface area contributed by atoms with E-state index in [1.54, 1.807) is 0 Å². The maximum absolute atomic E-state index is 3.66. The van der Waals surface area contributed by atoms with E-state index in [4.69, 9.17) is 0 Å². The van der Waals surface area contributed by atoms with Crippen molar-refractivity contribution in [2.75, 3.05) is 26.2 Å². The molecule has 0 bridgehead atoms. The van der Waals surface area contributed by atoms with Crippen LogP contribution in [0.3, 0.4) is 0 Å². The zero-order chi connectivity index (χ0) is 15.0. The van der Waals surface area contributed by atoms with Crippen LogP contribution in [0.25, 0.3) is 0 Å². The minimum absolute atomic E-state index is 0.477. The van der Waals surface area contributed by atoms with E-state index in [0.717, 1.165) is 32.7 Å². The summed E-state index contributed by atoms with van der Waals surface area (Å²) in [7, 11) is 0. The van der Waals surface area contributed by atoms with Gasteiger partial charge in [-0.25, -0.2) is 0 Å². The van der Waals surface area contributed by atoms with Gasteiger partial charge in [0.1, 0.15) is 0 Å². The molecule has 1 aromatic rings. The Balaban J connectivity index is 2.59. The van der Waals surface area contributed by atoms with Gasteiger partial charge in [0.15, 0.2) is 0 Å². The molecule has 20 heavy (non-hydrogen) atoms. The summed E-state index contributed by atoms with van der Waals surface area (Å²) in [5.74, 6) is 0.625. The Morgan fingerprint density at radius 1 is 1.20 bits per heavy atom. The highest BCUT2D eigenvalue weighted by Gasteiger charge is 2.15. The highest BCUT2D eigenvalue weighted by Crippen LogP contribution is 2.21. The fourth-order valence-electron chi connectivity index (χ4n) is 2.62. The number of hydrogen-bond donors (Lipinski definition) is 1. The van der Waals surface area contributed by atoms with Crippen molar-refractivity contribution in [3.05, 3.63) is 24.0 Å². The topological polar surface area (TPSA) is 20.2 Å². The van der Waals surface area contributed by atoms with Crippen molar-refractivity contribution in [2.24, 2.45) is 5.92 Å². The van der Waals surface area contributed by atoms with Crippen LogP contribution in [0.5, 0.6) is 0 Å². The van der Waals surface area contributed by atoms with Crippen LogP contribution >= 0.6 is 0 Å². The molecule has 0 aliphatic rings. The Hall–Kier alpha value is -0.800. The monoisotopic (exact) mass is 279 g/mol. The van der Waals surface area contributed by atoms with E-state index in [-0.39, 0.29) is 0 Å². The van der Waals surface area contributed by atoms with Gasteiger partial charge >= 0.3 is 0 Å². The molecule has 3 heteroatoms. The number of hydrogen-bond acceptors (Lipinski definition) is 2. The molecule has 3 nitrogen and oxygen atoms in total. The first-order valence-corrected chi connectivity index (χ1v) is 8.23. The molecule has 0 aliphatic heterocycles. The van der Waals surface area contributed by atoms with E-state index < -0.39 is 0 Å². The smallest absolute Gasteiger partial charge is 0.0358 e. The van der Waals surface area contributed by atoms with Crippen LogP contribution in [0, 0.1) is 5.92 Å². The van der Waals surface area contributed by atoms with Crippen LogP contribution in [0.4, 0.5) is 0 Å². The predicted octanol–water partition coefficient (Wildman–Crippen LogP) is 3.53. The van der Waals surface area contributed by atoms with Gasteiger partial charge in [0, 0.05) is 31.5 Å². The van der Waals surface area contributed by atoms with Gasteiger partial charge in [0.2, 0.25) is 0 Å². The maximum atomic E-state index is 3.66. The molecular formula is C17H33N3. The second kappa shape index (κ2) is 9.19. The first kappa shape index (κ1) is 17.3. The SMILES string of the molecule is CCCNC(c1ccn(CCN(CC)CC)c1)C(C)C. The molecule has 1 atom stereocenters. The summed E-state index contributed by atoms with van der Waals surface area (Å²) in [6.45, 7) is 16.8. The number of likely N-dealkylation sites (N-methyl/N-ethyl adjacent to an activating group) is 1. The average molecular weight is 279 g/mol. The van der Waals surface area contributed by atoms with Crippen LogP contribution in [0.15, 0.2) is 18.5 Å². The fourth-order valence-corrected chi connectivity index (χ4v) is 2.62. The molecule has 1 aromatic heterocycles. The van der Waals surface area contributed by atoms with Crippen molar-refractivity contribution in [2.45, 2.75) is 53.6 Å². The Bertz CT molecular complexity index is 353. The van der Waals surface area contributed by atoms with Crippen LogP contribution in [-0.2, 0) is 6.54 Å².